The lowest BCUT2D eigenvalue weighted by atomic mass is 10.1. The first-order valence-corrected chi connectivity index (χ1v) is 15.1. The van der Waals surface area contributed by atoms with Crippen molar-refractivity contribution in [3.63, 3.8) is 0 Å². The van der Waals surface area contributed by atoms with Crippen LogP contribution in [0, 0.1) is 20.8 Å². The van der Waals surface area contributed by atoms with Gasteiger partial charge in [-0.1, -0.05) is 41.4 Å². The molecule has 0 saturated heterocycles. The van der Waals surface area contributed by atoms with E-state index in [2.05, 4.69) is 11.4 Å². The molecule has 0 bridgehead atoms. The van der Waals surface area contributed by atoms with E-state index in [1.54, 1.807) is 42.2 Å². The predicted octanol–water partition coefficient (Wildman–Crippen LogP) is 7.72. The molecule has 3 aromatic carbocycles. The molecule has 232 valence electrons. The molecule has 0 saturated carbocycles. The Morgan fingerprint density at radius 2 is 1.49 bits per heavy atom. The van der Waals surface area contributed by atoms with Crippen LogP contribution in [0.15, 0.2) is 54.6 Å². The highest BCUT2D eigenvalue weighted by molar-refractivity contribution is 6.34. The number of nitrogens with one attached hydrogen (secondary N) is 1. The van der Waals surface area contributed by atoms with Gasteiger partial charge in [-0.05, 0) is 99.2 Å². The fourth-order valence-corrected chi connectivity index (χ4v) is 4.95. The fourth-order valence-electron chi connectivity index (χ4n) is 4.44. The number of urea groups is 1. The maximum absolute atomic E-state index is 13.4. The van der Waals surface area contributed by atoms with Crippen LogP contribution in [0.2, 0.25) is 10.0 Å². The van der Waals surface area contributed by atoms with Crippen molar-refractivity contribution in [1.29, 1.82) is 0 Å². The van der Waals surface area contributed by atoms with Gasteiger partial charge in [0.1, 0.15) is 18.1 Å². The molecule has 10 heteroatoms. The minimum absolute atomic E-state index is 0.205. The van der Waals surface area contributed by atoms with Gasteiger partial charge in [0, 0.05) is 35.3 Å². The van der Waals surface area contributed by atoms with Crippen LogP contribution in [0.1, 0.15) is 42.0 Å². The van der Waals surface area contributed by atoms with Crippen LogP contribution in [0.5, 0.6) is 11.5 Å². The van der Waals surface area contributed by atoms with Crippen molar-refractivity contribution in [2.75, 3.05) is 38.2 Å². The topological polar surface area (TPSA) is 97.3 Å². The molecule has 0 fully saturated rings. The Kier molecular flexibility index (Phi) is 13.4. The molecule has 0 spiro atoms. The molecule has 3 aromatic rings. The average molecular weight is 632 g/mol. The van der Waals surface area contributed by atoms with Crippen molar-refractivity contribution in [1.82, 2.24) is 4.90 Å². The number of ether oxygens (including phenoxy) is 3. The second-order valence-electron chi connectivity index (χ2n) is 10.3. The lowest BCUT2D eigenvalue weighted by Gasteiger charge is -2.24. The first kappa shape index (κ1) is 34.0. The Hall–Kier alpha value is -3.46. The number of hydrogen-bond donors (Lipinski definition) is 2. The zero-order chi connectivity index (χ0) is 31.4. The van der Waals surface area contributed by atoms with E-state index in [4.69, 9.17) is 37.4 Å². The number of nitrogens with zero attached hydrogens (tertiary/aromatic N) is 1. The number of unbranched alkanes of at least 4 members (excludes halogenated alkanes) is 1. The Labute approximate surface area is 263 Å². The van der Waals surface area contributed by atoms with Gasteiger partial charge in [-0.2, -0.15) is 0 Å². The Morgan fingerprint density at radius 3 is 2.14 bits per heavy atom. The second-order valence-corrected chi connectivity index (χ2v) is 11.2. The summed E-state index contributed by atoms with van der Waals surface area (Å²) in [6, 6.07) is 16.2. The Morgan fingerprint density at radius 1 is 0.837 bits per heavy atom. The fraction of sp³-hybridized carbons (Fsp3) is 0.394. The van der Waals surface area contributed by atoms with Crippen LogP contribution < -0.4 is 14.8 Å². The monoisotopic (exact) mass is 630 g/mol. The van der Waals surface area contributed by atoms with Crippen molar-refractivity contribution in [2.45, 2.75) is 53.1 Å². The van der Waals surface area contributed by atoms with E-state index in [0.29, 0.717) is 54.3 Å². The van der Waals surface area contributed by atoms with E-state index < -0.39 is 12.1 Å². The number of rotatable bonds is 16. The number of hydrogen-bond acceptors (Lipinski definition) is 5. The largest absolute Gasteiger partial charge is 0.493 e. The van der Waals surface area contributed by atoms with Crippen molar-refractivity contribution in [2.24, 2.45) is 0 Å². The van der Waals surface area contributed by atoms with Crippen molar-refractivity contribution < 1.29 is 28.9 Å². The minimum Gasteiger partial charge on any atom is -0.493 e. The lowest BCUT2D eigenvalue weighted by Crippen LogP contribution is -2.38. The summed E-state index contributed by atoms with van der Waals surface area (Å²) in [5, 5.41) is 13.4. The summed E-state index contributed by atoms with van der Waals surface area (Å²) in [4.78, 5) is 26.5. The number of aliphatic carboxylic acids is 1. The van der Waals surface area contributed by atoms with Crippen molar-refractivity contribution >= 4 is 40.9 Å². The maximum atomic E-state index is 13.4. The van der Waals surface area contributed by atoms with E-state index >= 15 is 0 Å². The van der Waals surface area contributed by atoms with Crippen LogP contribution in [0.25, 0.3) is 0 Å². The molecule has 0 aliphatic heterocycles. The van der Waals surface area contributed by atoms with Crippen LogP contribution in [-0.2, 0) is 16.0 Å². The number of halogens is 2. The van der Waals surface area contributed by atoms with Gasteiger partial charge in [0.05, 0.1) is 13.2 Å². The SMILES string of the molecule is CCOC(Cc1ccc(OCCN(CCCCOc2cc(Cl)cc(Cl)c2)C(=O)Nc2cc(C)c(C)cc2C)cc1)C(=O)O. The van der Waals surface area contributed by atoms with Crippen LogP contribution in [-0.4, -0.2) is 61.0 Å². The third-order valence-corrected chi connectivity index (χ3v) is 7.35. The molecule has 0 aromatic heterocycles. The molecule has 2 amide bonds. The quantitative estimate of drug-likeness (QED) is 0.157. The minimum atomic E-state index is -0.989. The summed E-state index contributed by atoms with van der Waals surface area (Å²) in [7, 11) is 0. The molecular weight excluding hydrogens is 591 g/mol. The molecule has 8 nitrogen and oxygen atoms in total. The number of amides is 2. The van der Waals surface area contributed by atoms with Crippen LogP contribution in [0.3, 0.4) is 0 Å². The molecule has 0 radical (unpaired) electrons. The maximum Gasteiger partial charge on any atom is 0.333 e. The van der Waals surface area contributed by atoms with Gasteiger partial charge in [0.15, 0.2) is 6.10 Å². The highest BCUT2D eigenvalue weighted by Crippen LogP contribution is 2.24. The number of carboxylic acid groups (broad SMARTS) is 1. The van der Waals surface area contributed by atoms with Gasteiger partial charge in [-0.25, -0.2) is 9.59 Å². The number of carbonyl (C=O) groups excluding carboxylic acids is 1. The number of carboxylic acids is 1. The zero-order valence-electron chi connectivity index (χ0n) is 25.1. The van der Waals surface area contributed by atoms with E-state index in [9.17, 15) is 14.7 Å². The highest BCUT2D eigenvalue weighted by atomic mass is 35.5. The third-order valence-electron chi connectivity index (χ3n) is 6.91. The number of aryl methyl sites for hydroxylation is 3. The molecule has 43 heavy (non-hydrogen) atoms. The zero-order valence-corrected chi connectivity index (χ0v) is 26.6. The summed E-state index contributed by atoms with van der Waals surface area (Å²) in [5.74, 6) is 0.246. The number of benzene rings is 3. The normalized spacial score (nSPS) is 11.6. The summed E-state index contributed by atoms with van der Waals surface area (Å²) in [5.41, 5.74) is 4.89. The van der Waals surface area contributed by atoms with E-state index in [0.717, 1.165) is 28.8 Å². The smallest absolute Gasteiger partial charge is 0.333 e. The molecular formula is C33H40Cl2N2O6. The number of anilines is 1. The summed E-state index contributed by atoms with van der Waals surface area (Å²) in [6.07, 6.45) is 0.812. The van der Waals surface area contributed by atoms with Gasteiger partial charge in [-0.15, -0.1) is 0 Å². The standard InChI is InChI=1S/C33H40Cl2N2O6/c1-5-41-31(32(38)39)18-25-8-10-28(11-9-25)43-15-13-37(33(40)36-30-17-23(3)22(2)16-24(30)4)12-6-7-14-42-29-20-26(34)19-27(35)21-29/h8-11,16-17,19-21,31H,5-7,12-15,18H2,1-4H3,(H,36,40)(H,38,39). The van der Waals surface area contributed by atoms with E-state index in [1.165, 1.54) is 5.56 Å². The highest BCUT2D eigenvalue weighted by Gasteiger charge is 2.18. The molecule has 0 aliphatic rings. The molecule has 1 atom stereocenters. The molecule has 2 N–H and O–H groups in total. The van der Waals surface area contributed by atoms with Gasteiger partial charge < -0.3 is 29.5 Å². The molecule has 0 aliphatic carbocycles. The Balaban J connectivity index is 1.57. The Bertz CT molecular complexity index is 1350. The second kappa shape index (κ2) is 17.0. The van der Waals surface area contributed by atoms with Gasteiger partial charge >= 0.3 is 12.0 Å². The van der Waals surface area contributed by atoms with Gasteiger partial charge in [0.2, 0.25) is 0 Å². The van der Waals surface area contributed by atoms with Crippen molar-refractivity contribution in [3.05, 3.63) is 86.9 Å². The van der Waals surface area contributed by atoms with E-state index in [-0.39, 0.29) is 19.1 Å². The predicted molar refractivity (Wildman–Crippen MR) is 171 cm³/mol. The van der Waals surface area contributed by atoms with Gasteiger partial charge in [0.25, 0.3) is 0 Å². The summed E-state index contributed by atoms with van der Waals surface area (Å²) >= 11 is 12.1. The first-order valence-electron chi connectivity index (χ1n) is 14.3. The molecule has 0 heterocycles. The molecule has 3 rings (SSSR count). The van der Waals surface area contributed by atoms with Gasteiger partial charge in [-0.3, -0.25) is 0 Å². The average Bonchev–Trinajstić information content (AvgIpc) is 2.94. The molecule has 1 unspecified atom stereocenters. The van der Waals surface area contributed by atoms with Crippen LogP contribution >= 0.6 is 23.2 Å². The van der Waals surface area contributed by atoms with E-state index in [1.807, 2.05) is 39.0 Å². The van der Waals surface area contributed by atoms with Crippen LogP contribution in [0.4, 0.5) is 10.5 Å². The summed E-state index contributed by atoms with van der Waals surface area (Å²) < 4.78 is 17.0. The van der Waals surface area contributed by atoms with Crippen molar-refractivity contribution in [3.8, 4) is 11.5 Å². The lowest BCUT2D eigenvalue weighted by molar-refractivity contribution is -0.149. The summed E-state index contributed by atoms with van der Waals surface area (Å²) in [6.45, 7) is 9.76. The number of carbonyl (C=O) groups is 2. The third kappa shape index (κ3) is 11.3. The first-order chi connectivity index (χ1) is 20.5.